The van der Waals surface area contributed by atoms with E-state index >= 15 is 0 Å². The van der Waals surface area contributed by atoms with E-state index in [1.165, 1.54) is 22.6 Å². The summed E-state index contributed by atoms with van der Waals surface area (Å²) in [6.45, 7) is 12.8. The van der Waals surface area contributed by atoms with Crippen LogP contribution >= 0.6 is 11.6 Å². The van der Waals surface area contributed by atoms with E-state index < -0.39 is 0 Å². The number of nitrogens with zero attached hydrogens (tertiary/aromatic N) is 1. The number of rotatable bonds is 5. The highest BCUT2D eigenvalue weighted by Gasteiger charge is 2.13. The molecule has 0 aliphatic carbocycles. The van der Waals surface area contributed by atoms with E-state index in [1.807, 2.05) is 12.1 Å². The predicted molar refractivity (Wildman–Crippen MR) is 91.5 cm³/mol. The van der Waals surface area contributed by atoms with E-state index in [1.54, 1.807) is 0 Å². The fraction of sp³-hybridized carbons (Fsp3) is 0.444. The van der Waals surface area contributed by atoms with Crippen molar-refractivity contribution in [1.82, 2.24) is 9.88 Å². The summed E-state index contributed by atoms with van der Waals surface area (Å²) in [5.41, 5.74) is 6.19. The van der Waals surface area contributed by atoms with Crippen molar-refractivity contribution >= 4 is 11.6 Å². The molecule has 1 aromatic heterocycles. The van der Waals surface area contributed by atoms with Crippen molar-refractivity contribution in [2.45, 2.75) is 41.2 Å². The second-order valence-corrected chi connectivity index (χ2v) is 6.55. The van der Waals surface area contributed by atoms with Gasteiger partial charge in [0.2, 0.25) is 0 Å². The second-order valence-electron chi connectivity index (χ2n) is 6.14. The van der Waals surface area contributed by atoms with E-state index in [0.29, 0.717) is 5.92 Å². The molecule has 0 atom stereocenters. The van der Waals surface area contributed by atoms with Gasteiger partial charge in [0.1, 0.15) is 0 Å². The first-order valence-electron chi connectivity index (χ1n) is 7.55. The van der Waals surface area contributed by atoms with Gasteiger partial charge in [-0.15, -0.1) is 0 Å². The van der Waals surface area contributed by atoms with Crippen LogP contribution in [0.2, 0.25) is 5.02 Å². The van der Waals surface area contributed by atoms with E-state index in [2.05, 4.69) is 56.6 Å². The fourth-order valence-electron chi connectivity index (χ4n) is 2.71. The SMILES string of the molecule is Cc1c(Cl)cccc1-n1c(C)cc(CNCC(C)C)c1C. The van der Waals surface area contributed by atoms with Gasteiger partial charge in [-0.3, -0.25) is 0 Å². The van der Waals surface area contributed by atoms with Crippen LogP contribution in [0.3, 0.4) is 0 Å². The highest BCUT2D eigenvalue weighted by atomic mass is 35.5. The van der Waals surface area contributed by atoms with Crippen LogP contribution in [0.15, 0.2) is 24.3 Å². The van der Waals surface area contributed by atoms with E-state index in [0.717, 1.165) is 23.7 Å². The van der Waals surface area contributed by atoms with Crippen molar-refractivity contribution in [3.05, 3.63) is 51.8 Å². The highest BCUT2D eigenvalue weighted by molar-refractivity contribution is 6.31. The van der Waals surface area contributed by atoms with Crippen molar-refractivity contribution in [3.8, 4) is 5.69 Å². The van der Waals surface area contributed by atoms with Crippen LogP contribution in [0.5, 0.6) is 0 Å². The Balaban J connectivity index is 2.33. The Morgan fingerprint density at radius 2 is 1.90 bits per heavy atom. The van der Waals surface area contributed by atoms with Crippen molar-refractivity contribution in [2.24, 2.45) is 5.92 Å². The molecule has 0 fully saturated rings. The zero-order chi connectivity index (χ0) is 15.6. The summed E-state index contributed by atoms with van der Waals surface area (Å²) >= 11 is 6.27. The molecule has 0 saturated carbocycles. The van der Waals surface area contributed by atoms with Gasteiger partial charge in [-0.2, -0.15) is 0 Å². The lowest BCUT2D eigenvalue weighted by molar-refractivity contribution is 0.551. The van der Waals surface area contributed by atoms with Crippen LogP contribution < -0.4 is 5.32 Å². The molecular weight excluding hydrogens is 280 g/mol. The maximum atomic E-state index is 6.27. The van der Waals surface area contributed by atoms with Gasteiger partial charge in [0, 0.05) is 28.6 Å². The molecule has 0 amide bonds. The quantitative estimate of drug-likeness (QED) is 0.839. The molecule has 0 saturated heterocycles. The molecule has 114 valence electrons. The highest BCUT2D eigenvalue weighted by Crippen LogP contribution is 2.27. The van der Waals surface area contributed by atoms with Gasteiger partial charge in [-0.1, -0.05) is 31.5 Å². The summed E-state index contributed by atoms with van der Waals surface area (Å²) in [5, 5.41) is 4.34. The minimum atomic E-state index is 0.670. The summed E-state index contributed by atoms with van der Waals surface area (Å²) in [5.74, 6) is 0.670. The van der Waals surface area contributed by atoms with Crippen LogP contribution in [0, 0.1) is 26.7 Å². The molecule has 2 aromatic rings. The summed E-state index contributed by atoms with van der Waals surface area (Å²) in [7, 11) is 0. The number of halogens is 1. The lowest BCUT2D eigenvalue weighted by Crippen LogP contribution is -2.19. The average molecular weight is 305 g/mol. The van der Waals surface area contributed by atoms with Crippen LogP contribution in [-0.4, -0.2) is 11.1 Å². The van der Waals surface area contributed by atoms with Crippen LogP contribution in [0.1, 0.15) is 36.4 Å². The zero-order valence-corrected chi connectivity index (χ0v) is 14.4. The van der Waals surface area contributed by atoms with Gasteiger partial charge < -0.3 is 9.88 Å². The van der Waals surface area contributed by atoms with Gasteiger partial charge in [0.15, 0.2) is 0 Å². The molecule has 0 bridgehead atoms. The Morgan fingerprint density at radius 3 is 2.57 bits per heavy atom. The van der Waals surface area contributed by atoms with E-state index in [-0.39, 0.29) is 0 Å². The van der Waals surface area contributed by atoms with Crippen molar-refractivity contribution in [1.29, 1.82) is 0 Å². The third-order valence-corrected chi connectivity index (χ3v) is 4.29. The topological polar surface area (TPSA) is 17.0 Å². The normalized spacial score (nSPS) is 11.4. The van der Waals surface area contributed by atoms with Crippen molar-refractivity contribution in [3.63, 3.8) is 0 Å². The first kappa shape index (κ1) is 16.1. The molecule has 0 unspecified atom stereocenters. The molecule has 0 aliphatic rings. The number of hydrogen-bond donors (Lipinski definition) is 1. The summed E-state index contributed by atoms with van der Waals surface area (Å²) < 4.78 is 2.30. The lowest BCUT2D eigenvalue weighted by atomic mass is 10.2. The van der Waals surface area contributed by atoms with Crippen LogP contribution in [0.25, 0.3) is 5.69 Å². The molecule has 3 heteroatoms. The third kappa shape index (κ3) is 3.50. The van der Waals surface area contributed by atoms with Crippen LogP contribution in [-0.2, 0) is 6.54 Å². The molecule has 1 N–H and O–H groups in total. The number of aromatic nitrogens is 1. The first-order valence-corrected chi connectivity index (χ1v) is 7.93. The molecule has 21 heavy (non-hydrogen) atoms. The predicted octanol–water partition coefficient (Wildman–Crippen LogP) is 4.80. The van der Waals surface area contributed by atoms with Gasteiger partial charge in [0.25, 0.3) is 0 Å². The fourth-order valence-corrected chi connectivity index (χ4v) is 2.88. The Kier molecular flexibility index (Phi) is 5.13. The maximum absolute atomic E-state index is 6.27. The summed E-state index contributed by atoms with van der Waals surface area (Å²) in [6, 6.07) is 8.36. The van der Waals surface area contributed by atoms with Gasteiger partial charge in [-0.05, 0) is 62.6 Å². The molecule has 2 nitrogen and oxygen atoms in total. The van der Waals surface area contributed by atoms with Crippen molar-refractivity contribution in [2.75, 3.05) is 6.54 Å². The molecule has 2 rings (SSSR count). The minimum absolute atomic E-state index is 0.670. The summed E-state index contributed by atoms with van der Waals surface area (Å²) in [4.78, 5) is 0. The Labute approximate surface area is 133 Å². The molecule has 0 spiro atoms. The standard InChI is InChI=1S/C18H25ClN2/c1-12(2)10-20-11-16-9-13(3)21(15(16)5)18-8-6-7-17(19)14(18)4/h6-9,12,20H,10-11H2,1-5H3. The molecular formula is C18H25ClN2. The number of benzene rings is 1. The Hall–Kier alpha value is -1.25. The molecule has 1 aromatic carbocycles. The smallest absolute Gasteiger partial charge is 0.0499 e. The minimum Gasteiger partial charge on any atom is -0.318 e. The van der Waals surface area contributed by atoms with Gasteiger partial charge >= 0.3 is 0 Å². The molecule has 1 heterocycles. The number of hydrogen-bond acceptors (Lipinski definition) is 1. The second kappa shape index (κ2) is 6.67. The van der Waals surface area contributed by atoms with Gasteiger partial charge in [0.05, 0.1) is 0 Å². The Bertz CT molecular complexity index is 626. The molecule has 0 aliphatic heterocycles. The summed E-state index contributed by atoms with van der Waals surface area (Å²) in [6.07, 6.45) is 0. The van der Waals surface area contributed by atoms with Crippen LogP contribution in [0.4, 0.5) is 0 Å². The van der Waals surface area contributed by atoms with Crippen molar-refractivity contribution < 1.29 is 0 Å². The molecule has 0 radical (unpaired) electrons. The lowest BCUT2D eigenvalue weighted by Gasteiger charge is -2.14. The third-order valence-electron chi connectivity index (χ3n) is 3.88. The average Bonchev–Trinajstić information content (AvgIpc) is 2.68. The van der Waals surface area contributed by atoms with E-state index in [4.69, 9.17) is 11.6 Å². The maximum Gasteiger partial charge on any atom is 0.0499 e. The number of nitrogens with one attached hydrogen (secondary N) is 1. The van der Waals surface area contributed by atoms with E-state index in [9.17, 15) is 0 Å². The van der Waals surface area contributed by atoms with Gasteiger partial charge in [-0.25, -0.2) is 0 Å². The largest absolute Gasteiger partial charge is 0.318 e. The Morgan fingerprint density at radius 1 is 1.19 bits per heavy atom. The number of aryl methyl sites for hydroxylation is 1. The zero-order valence-electron chi connectivity index (χ0n) is 13.6. The monoisotopic (exact) mass is 304 g/mol. The first-order chi connectivity index (χ1) is 9.91.